The summed E-state index contributed by atoms with van der Waals surface area (Å²) in [5.74, 6) is 1.17. The van der Waals surface area contributed by atoms with Crippen LogP contribution in [0.4, 0.5) is 10.2 Å². The Hall–Kier alpha value is -2.13. The molecule has 0 amide bonds. The first-order valence-electron chi connectivity index (χ1n) is 6.94. The first-order valence-corrected chi connectivity index (χ1v) is 7.92. The lowest BCUT2D eigenvalue weighted by Crippen LogP contribution is -2.07. The highest BCUT2D eigenvalue weighted by Gasteiger charge is 2.15. The number of aromatic nitrogens is 2. The van der Waals surface area contributed by atoms with Gasteiger partial charge >= 0.3 is 0 Å². The van der Waals surface area contributed by atoms with E-state index in [-0.39, 0.29) is 23.6 Å². The average molecular weight is 316 g/mol. The Bertz CT molecular complexity index is 710. The molecule has 2 aromatic rings. The second-order valence-electron chi connectivity index (χ2n) is 5.30. The van der Waals surface area contributed by atoms with E-state index in [9.17, 15) is 9.65 Å². The maximum atomic E-state index is 13.8. The molecule has 1 aromatic carbocycles. The Morgan fingerprint density at radius 3 is 2.68 bits per heavy atom. The molecule has 0 saturated heterocycles. The highest BCUT2D eigenvalue weighted by Crippen LogP contribution is 2.23. The van der Waals surface area contributed by atoms with E-state index in [0.29, 0.717) is 22.3 Å². The molecule has 0 aliphatic carbocycles. The van der Waals surface area contributed by atoms with E-state index < -0.39 is 0 Å². The first-order chi connectivity index (χ1) is 10.5. The number of thioether (sulfide) groups is 1. The molecule has 2 rings (SSSR count). The van der Waals surface area contributed by atoms with Crippen LogP contribution in [0.3, 0.4) is 0 Å². The second kappa shape index (κ2) is 7.23. The van der Waals surface area contributed by atoms with Gasteiger partial charge in [0.25, 0.3) is 0 Å². The molecule has 0 spiro atoms. The van der Waals surface area contributed by atoms with Crippen LogP contribution < -0.4 is 5.73 Å². The number of nitrogens with zero attached hydrogens (tertiary/aromatic N) is 3. The van der Waals surface area contributed by atoms with Gasteiger partial charge in [-0.1, -0.05) is 43.8 Å². The van der Waals surface area contributed by atoms with Gasteiger partial charge in [0.1, 0.15) is 23.3 Å². The van der Waals surface area contributed by atoms with Gasteiger partial charge in [-0.2, -0.15) is 5.26 Å². The SMILES string of the molecule is CC(C)CSc1nc(N)c(C#N)c(Cc2ccccc2F)n1. The third kappa shape index (κ3) is 3.95. The summed E-state index contributed by atoms with van der Waals surface area (Å²) in [6, 6.07) is 8.46. The summed E-state index contributed by atoms with van der Waals surface area (Å²) in [5, 5.41) is 9.77. The van der Waals surface area contributed by atoms with Crippen LogP contribution in [-0.2, 0) is 6.42 Å². The lowest BCUT2D eigenvalue weighted by atomic mass is 10.1. The molecular formula is C16H17FN4S. The van der Waals surface area contributed by atoms with Crippen molar-refractivity contribution in [3.63, 3.8) is 0 Å². The number of benzene rings is 1. The zero-order valence-electron chi connectivity index (χ0n) is 12.5. The highest BCUT2D eigenvalue weighted by atomic mass is 32.2. The van der Waals surface area contributed by atoms with Crippen LogP contribution in [0.15, 0.2) is 29.4 Å². The van der Waals surface area contributed by atoms with E-state index >= 15 is 0 Å². The highest BCUT2D eigenvalue weighted by molar-refractivity contribution is 7.99. The molecule has 0 saturated carbocycles. The number of nitrogen functional groups attached to an aromatic ring is 1. The Kier molecular flexibility index (Phi) is 5.34. The summed E-state index contributed by atoms with van der Waals surface area (Å²) < 4.78 is 13.8. The van der Waals surface area contributed by atoms with Crippen molar-refractivity contribution in [1.82, 2.24) is 9.97 Å². The van der Waals surface area contributed by atoms with E-state index in [0.717, 1.165) is 5.75 Å². The number of nitriles is 1. The van der Waals surface area contributed by atoms with Crippen molar-refractivity contribution in [3.05, 3.63) is 46.9 Å². The van der Waals surface area contributed by atoms with Gasteiger partial charge in [-0.3, -0.25) is 0 Å². The molecule has 0 fully saturated rings. The van der Waals surface area contributed by atoms with E-state index in [1.807, 2.05) is 6.07 Å². The number of anilines is 1. The van der Waals surface area contributed by atoms with Crippen molar-refractivity contribution in [2.75, 3.05) is 11.5 Å². The van der Waals surface area contributed by atoms with E-state index in [4.69, 9.17) is 5.73 Å². The molecule has 22 heavy (non-hydrogen) atoms. The molecule has 0 aliphatic heterocycles. The molecule has 0 unspecified atom stereocenters. The molecule has 0 radical (unpaired) electrons. The maximum absolute atomic E-state index is 13.8. The molecule has 0 aliphatic rings. The topological polar surface area (TPSA) is 75.6 Å². The normalized spacial score (nSPS) is 10.7. The Labute approximate surface area is 133 Å². The van der Waals surface area contributed by atoms with Gasteiger partial charge in [0, 0.05) is 12.2 Å². The first kappa shape index (κ1) is 16.2. The third-order valence-corrected chi connectivity index (χ3v) is 4.24. The second-order valence-corrected chi connectivity index (χ2v) is 6.29. The van der Waals surface area contributed by atoms with Crippen LogP contribution in [0.2, 0.25) is 0 Å². The number of nitrogens with two attached hydrogens (primary N) is 1. The Balaban J connectivity index is 2.36. The van der Waals surface area contributed by atoms with Crippen LogP contribution in [0.1, 0.15) is 30.7 Å². The van der Waals surface area contributed by atoms with Gasteiger partial charge in [0.2, 0.25) is 0 Å². The predicted octanol–water partition coefficient (Wildman–Crippen LogP) is 3.41. The molecule has 0 bridgehead atoms. The molecule has 6 heteroatoms. The molecule has 2 N–H and O–H groups in total. The van der Waals surface area contributed by atoms with E-state index in [1.165, 1.54) is 17.8 Å². The molecule has 114 valence electrons. The van der Waals surface area contributed by atoms with Crippen LogP contribution in [-0.4, -0.2) is 15.7 Å². The fourth-order valence-corrected chi connectivity index (χ4v) is 2.70. The molecule has 1 heterocycles. The van der Waals surface area contributed by atoms with Crippen molar-refractivity contribution in [1.29, 1.82) is 5.26 Å². The van der Waals surface area contributed by atoms with Gasteiger partial charge in [0.05, 0.1) is 5.69 Å². The third-order valence-electron chi connectivity index (χ3n) is 2.96. The van der Waals surface area contributed by atoms with Crippen LogP contribution in [0, 0.1) is 23.1 Å². The summed E-state index contributed by atoms with van der Waals surface area (Å²) in [4.78, 5) is 8.55. The van der Waals surface area contributed by atoms with Gasteiger partial charge in [-0.05, 0) is 17.5 Å². The van der Waals surface area contributed by atoms with Crippen LogP contribution in [0.5, 0.6) is 0 Å². The van der Waals surface area contributed by atoms with Crippen molar-refractivity contribution < 1.29 is 4.39 Å². The Morgan fingerprint density at radius 2 is 2.05 bits per heavy atom. The zero-order chi connectivity index (χ0) is 16.1. The van der Waals surface area contributed by atoms with Gasteiger partial charge in [-0.15, -0.1) is 0 Å². The van der Waals surface area contributed by atoms with E-state index in [1.54, 1.807) is 18.2 Å². The number of halogens is 1. The predicted molar refractivity (Wildman–Crippen MR) is 85.9 cm³/mol. The standard InChI is InChI=1S/C16H17FN4S/c1-10(2)9-22-16-20-14(12(8-18)15(19)21-16)7-11-5-3-4-6-13(11)17/h3-6,10H,7,9H2,1-2H3,(H2,19,20,21). The number of hydrogen-bond donors (Lipinski definition) is 1. The van der Waals surface area contributed by atoms with Crippen molar-refractivity contribution >= 4 is 17.6 Å². The minimum Gasteiger partial charge on any atom is -0.382 e. The average Bonchev–Trinajstić information content (AvgIpc) is 2.47. The largest absolute Gasteiger partial charge is 0.382 e. The monoisotopic (exact) mass is 316 g/mol. The molecule has 1 aromatic heterocycles. The van der Waals surface area contributed by atoms with Gasteiger partial charge in [-0.25, -0.2) is 14.4 Å². The summed E-state index contributed by atoms with van der Waals surface area (Å²) in [6.07, 6.45) is 0.220. The summed E-state index contributed by atoms with van der Waals surface area (Å²) in [6.45, 7) is 4.19. The van der Waals surface area contributed by atoms with Crippen molar-refractivity contribution in [2.45, 2.75) is 25.4 Å². The van der Waals surface area contributed by atoms with Crippen LogP contribution >= 0.6 is 11.8 Å². The van der Waals surface area contributed by atoms with Gasteiger partial charge in [0.15, 0.2) is 5.16 Å². The van der Waals surface area contributed by atoms with E-state index in [2.05, 4.69) is 23.8 Å². The minimum atomic E-state index is -0.319. The van der Waals surface area contributed by atoms with Crippen molar-refractivity contribution in [3.8, 4) is 6.07 Å². The minimum absolute atomic E-state index is 0.148. The number of hydrogen-bond acceptors (Lipinski definition) is 5. The fraction of sp³-hybridized carbons (Fsp3) is 0.312. The molecule has 4 nitrogen and oxygen atoms in total. The Morgan fingerprint density at radius 1 is 1.32 bits per heavy atom. The molecular weight excluding hydrogens is 299 g/mol. The lowest BCUT2D eigenvalue weighted by molar-refractivity contribution is 0.612. The van der Waals surface area contributed by atoms with Crippen LogP contribution in [0.25, 0.3) is 0 Å². The fourth-order valence-electron chi connectivity index (χ4n) is 1.88. The summed E-state index contributed by atoms with van der Waals surface area (Å²) in [5.41, 5.74) is 7.02. The van der Waals surface area contributed by atoms with Crippen molar-refractivity contribution in [2.24, 2.45) is 5.92 Å². The maximum Gasteiger partial charge on any atom is 0.189 e. The summed E-state index contributed by atoms with van der Waals surface area (Å²) >= 11 is 1.49. The quantitative estimate of drug-likeness (QED) is 0.676. The number of rotatable bonds is 5. The lowest BCUT2D eigenvalue weighted by Gasteiger charge is -2.10. The van der Waals surface area contributed by atoms with Gasteiger partial charge < -0.3 is 5.73 Å². The smallest absolute Gasteiger partial charge is 0.189 e. The molecule has 0 atom stereocenters. The summed E-state index contributed by atoms with van der Waals surface area (Å²) in [7, 11) is 0. The zero-order valence-corrected chi connectivity index (χ0v) is 13.3.